The Hall–Kier alpha value is -2.31. The maximum Gasteiger partial charge on any atom is 0.344 e. The molecule has 7 nitrogen and oxygen atoms in total. The van der Waals surface area contributed by atoms with Crippen LogP contribution in [0.4, 0.5) is 5.82 Å². The molecular weight excluding hydrogens is 264 g/mol. The number of rotatable bonds is 4. The van der Waals surface area contributed by atoms with E-state index in [0.29, 0.717) is 5.69 Å². The first-order valence-electron chi connectivity index (χ1n) is 5.95. The Morgan fingerprint density at radius 2 is 1.90 bits per heavy atom. The molecule has 7 heteroatoms. The van der Waals surface area contributed by atoms with Gasteiger partial charge >= 0.3 is 5.97 Å². The normalized spacial score (nSPS) is 10.8. The predicted octanol–water partition coefficient (Wildman–Crippen LogP) is 1.42. The minimum atomic E-state index is -0.847. The van der Waals surface area contributed by atoms with Crippen molar-refractivity contribution in [3.63, 3.8) is 0 Å². The summed E-state index contributed by atoms with van der Waals surface area (Å²) < 4.78 is 10.4. The van der Waals surface area contributed by atoms with E-state index >= 15 is 0 Å². The van der Waals surface area contributed by atoms with Crippen LogP contribution < -0.4 is 10.1 Å². The number of carbonyl (C=O) groups is 3. The van der Waals surface area contributed by atoms with Crippen molar-refractivity contribution < 1.29 is 23.9 Å². The van der Waals surface area contributed by atoms with Crippen molar-refractivity contribution in [2.45, 2.75) is 33.3 Å². The van der Waals surface area contributed by atoms with E-state index in [1.807, 2.05) is 0 Å². The number of methoxy groups -OCH3 is 1. The summed E-state index contributed by atoms with van der Waals surface area (Å²) in [6, 6.07) is 0. The Labute approximate surface area is 116 Å². The smallest absolute Gasteiger partial charge is 0.344 e. The molecule has 1 aromatic heterocycles. The summed E-state index contributed by atoms with van der Waals surface area (Å²) in [5.74, 6) is -1.15. The first-order valence-corrected chi connectivity index (χ1v) is 5.95. The molecule has 110 valence electrons. The van der Waals surface area contributed by atoms with Crippen LogP contribution in [-0.4, -0.2) is 35.9 Å². The Morgan fingerprint density at radius 1 is 1.30 bits per heavy atom. The number of H-pyrrole nitrogens is 1. The van der Waals surface area contributed by atoms with Crippen LogP contribution in [0, 0.1) is 6.92 Å². The van der Waals surface area contributed by atoms with Gasteiger partial charge in [-0.3, -0.25) is 9.59 Å². The van der Waals surface area contributed by atoms with E-state index in [0.717, 1.165) is 0 Å². The number of anilines is 1. The molecule has 20 heavy (non-hydrogen) atoms. The summed E-state index contributed by atoms with van der Waals surface area (Å²) in [4.78, 5) is 36.4. The third-order valence-corrected chi connectivity index (χ3v) is 2.30. The maximum absolute atomic E-state index is 12.1. The van der Waals surface area contributed by atoms with Crippen molar-refractivity contribution in [2.24, 2.45) is 0 Å². The highest BCUT2D eigenvalue weighted by molar-refractivity contribution is 6.29. The fraction of sp³-hybridized carbons (Fsp3) is 0.462. The number of aldehydes is 1. The lowest BCUT2D eigenvalue weighted by molar-refractivity contribution is -0.127. The molecule has 0 spiro atoms. The lowest BCUT2D eigenvalue weighted by Gasteiger charge is -2.19. The maximum atomic E-state index is 12.1. The fourth-order valence-corrected chi connectivity index (χ4v) is 1.62. The van der Waals surface area contributed by atoms with Gasteiger partial charge in [0.15, 0.2) is 11.6 Å². The van der Waals surface area contributed by atoms with E-state index in [2.05, 4.69) is 10.3 Å². The van der Waals surface area contributed by atoms with Crippen LogP contribution in [-0.2, 0) is 14.3 Å². The summed E-state index contributed by atoms with van der Waals surface area (Å²) >= 11 is 0. The van der Waals surface area contributed by atoms with Gasteiger partial charge in [0.05, 0.1) is 7.11 Å². The Bertz CT molecular complexity index is 540. The van der Waals surface area contributed by atoms with Crippen LogP contribution in [0.15, 0.2) is 0 Å². The standard InChI is InChI=1S/C13H18N2O5/c1-7-9(12(18)20-13(2,3)4)10(19-5)11(14-7)15-8(17)6-16/h6,14H,1-5H3,(H,15,17). The molecular formula is C13H18N2O5. The van der Waals surface area contributed by atoms with Gasteiger partial charge in [-0.05, 0) is 27.7 Å². The molecule has 1 aromatic rings. The van der Waals surface area contributed by atoms with Crippen LogP contribution in [0.5, 0.6) is 5.75 Å². The number of hydrogen-bond acceptors (Lipinski definition) is 5. The summed E-state index contributed by atoms with van der Waals surface area (Å²) in [6.45, 7) is 6.87. The van der Waals surface area contributed by atoms with E-state index in [-0.39, 0.29) is 23.4 Å². The minimum absolute atomic E-state index is 0.128. The lowest BCUT2D eigenvalue weighted by atomic mass is 10.1. The number of nitrogens with one attached hydrogen (secondary N) is 2. The molecule has 0 aliphatic rings. The van der Waals surface area contributed by atoms with Gasteiger partial charge < -0.3 is 19.8 Å². The Balaban J connectivity index is 3.17. The molecule has 0 radical (unpaired) electrons. The summed E-state index contributed by atoms with van der Waals surface area (Å²) in [5, 5.41) is 2.29. The van der Waals surface area contributed by atoms with Gasteiger partial charge in [0.25, 0.3) is 5.91 Å². The third-order valence-electron chi connectivity index (χ3n) is 2.30. The van der Waals surface area contributed by atoms with Crippen LogP contribution in [0.3, 0.4) is 0 Å². The van der Waals surface area contributed by atoms with Crippen molar-refractivity contribution in [3.05, 3.63) is 11.3 Å². The number of amides is 1. The highest BCUT2D eigenvalue weighted by Gasteiger charge is 2.27. The highest BCUT2D eigenvalue weighted by atomic mass is 16.6. The van der Waals surface area contributed by atoms with Gasteiger partial charge in [0.1, 0.15) is 11.2 Å². The second-order valence-electron chi connectivity index (χ2n) is 5.14. The zero-order valence-corrected chi connectivity index (χ0v) is 12.1. The molecule has 0 bridgehead atoms. The molecule has 0 unspecified atom stereocenters. The van der Waals surface area contributed by atoms with Crippen LogP contribution in [0.25, 0.3) is 0 Å². The molecule has 1 amide bonds. The first-order chi connectivity index (χ1) is 9.19. The molecule has 0 saturated carbocycles. The number of esters is 1. The number of aromatic amines is 1. The van der Waals surface area contributed by atoms with Crippen molar-refractivity contribution >= 4 is 24.0 Å². The number of hydrogen-bond donors (Lipinski definition) is 2. The highest BCUT2D eigenvalue weighted by Crippen LogP contribution is 2.32. The average molecular weight is 282 g/mol. The van der Waals surface area contributed by atoms with Crippen molar-refractivity contribution in [1.82, 2.24) is 4.98 Å². The van der Waals surface area contributed by atoms with E-state index in [9.17, 15) is 14.4 Å². The minimum Gasteiger partial charge on any atom is -0.492 e. The number of carbonyl (C=O) groups excluding carboxylic acids is 3. The van der Waals surface area contributed by atoms with Crippen LogP contribution in [0.2, 0.25) is 0 Å². The molecule has 0 aliphatic heterocycles. The molecule has 0 fully saturated rings. The Morgan fingerprint density at radius 3 is 2.35 bits per heavy atom. The second-order valence-corrected chi connectivity index (χ2v) is 5.14. The molecule has 0 saturated heterocycles. The van der Waals surface area contributed by atoms with Crippen molar-refractivity contribution in [2.75, 3.05) is 12.4 Å². The van der Waals surface area contributed by atoms with E-state index in [1.54, 1.807) is 27.7 Å². The van der Waals surface area contributed by atoms with Crippen molar-refractivity contribution in [1.29, 1.82) is 0 Å². The number of ether oxygens (including phenoxy) is 2. The topological polar surface area (TPSA) is 97.5 Å². The number of aromatic nitrogens is 1. The quantitative estimate of drug-likeness (QED) is 0.494. The van der Waals surface area contributed by atoms with Crippen molar-refractivity contribution in [3.8, 4) is 5.75 Å². The zero-order valence-electron chi connectivity index (χ0n) is 12.1. The molecule has 1 heterocycles. The molecule has 0 aromatic carbocycles. The van der Waals surface area contributed by atoms with Gasteiger partial charge in [-0.2, -0.15) is 0 Å². The van der Waals surface area contributed by atoms with Crippen LogP contribution in [0.1, 0.15) is 36.8 Å². The third kappa shape index (κ3) is 3.59. The molecule has 0 atom stereocenters. The zero-order chi connectivity index (χ0) is 15.5. The van der Waals surface area contributed by atoms with Gasteiger partial charge in [-0.15, -0.1) is 0 Å². The van der Waals surface area contributed by atoms with E-state index in [4.69, 9.17) is 9.47 Å². The largest absolute Gasteiger partial charge is 0.492 e. The monoisotopic (exact) mass is 282 g/mol. The van der Waals surface area contributed by atoms with E-state index in [1.165, 1.54) is 7.11 Å². The lowest BCUT2D eigenvalue weighted by Crippen LogP contribution is -2.24. The summed E-state index contributed by atoms with van der Waals surface area (Å²) in [7, 11) is 1.35. The molecule has 1 rings (SSSR count). The van der Waals surface area contributed by atoms with Gasteiger partial charge in [0, 0.05) is 5.69 Å². The van der Waals surface area contributed by atoms with Gasteiger partial charge in [-0.1, -0.05) is 0 Å². The fourth-order valence-electron chi connectivity index (χ4n) is 1.62. The molecule has 2 N–H and O–H groups in total. The summed E-state index contributed by atoms with van der Waals surface area (Å²) in [6.07, 6.45) is 0.128. The Kier molecular flexibility index (Phi) is 4.54. The predicted molar refractivity (Wildman–Crippen MR) is 71.9 cm³/mol. The first kappa shape index (κ1) is 15.7. The molecule has 0 aliphatic carbocycles. The van der Waals surface area contributed by atoms with Gasteiger partial charge in [0.2, 0.25) is 6.29 Å². The van der Waals surface area contributed by atoms with E-state index < -0.39 is 17.5 Å². The SMILES string of the molecule is COc1c(NC(=O)C=O)[nH]c(C)c1C(=O)OC(C)(C)C. The average Bonchev–Trinajstić information content (AvgIpc) is 2.62. The second kappa shape index (κ2) is 5.77. The number of aryl methyl sites for hydroxylation is 1. The van der Waals surface area contributed by atoms with Gasteiger partial charge in [-0.25, -0.2) is 4.79 Å². The summed E-state index contributed by atoms with van der Waals surface area (Å²) in [5.41, 5.74) is -0.00112. The van der Waals surface area contributed by atoms with Crippen LogP contribution >= 0.6 is 0 Å².